The molecule has 0 atom stereocenters. The lowest BCUT2D eigenvalue weighted by atomic mass is 10.2. The number of nitrogens with zero attached hydrogens (tertiary/aromatic N) is 1. The summed E-state index contributed by atoms with van der Waals surface area (Å²) in [5.74, 6) is -0.304. The van der Waals surface area contributed by atoms with Gasteiger partial charge in [0.15, 0.2) is 10.4 Å². The zero-order valence-corrected chi connectivity index (χ0v) is 12.5. The lowest BCUT2D eigenvalue weighted by Gasteiger charge is -1.99. The van der Waals surface area contributed by atoms with Crippen LogP contribution in [0.25, 0.3) is 0 Å². The minimum atomic E-state index is -0.458. The Morgan fingerprint density at radius 3 is 2.79 bits per heavy atom. The predicted molar refractivity (Wildman–Crippen MR) is 77.9 cm³/mol. The average molecular weight is 362 g/mol. The number of benzene rings is 1. The molecule has 1 heterocycles. The van der Waals surface area contributed by atoms with E-state index in [1.165, 1.54) is 12.3 Å². The normalized spacial score (nSPS) is 10.9. The Bertz CT molecular complexity index is 640. The number of halogens is 3. The number of carbonyl (C=O) groups is 1. The van der Waals surface area contributed by atoms with Crippen molar-refractivity contribution in [3.63, 3.8) is 0 Å². The van der Waals surface area contributed by atoms with Gasteiger partial charge in [0, 0.05) is 5.56 Å². The van der Waals surface area contributed by atoms with Gasteiger partial charge in [-0.3, -0.25) is 4.79 Å². The Morgan fingerprint density at radius 2 is 2.11 bits per heavy atom. The molecule has 1 aromatic carbocycles. The van der Waals surface area contributed by atoms with Gasteiger partial charge in [0.25, 0.3) is 0 Å². The van der Waals surface area contributed by atoms with Crippen molar-refractivity contribution in [2.45, 2.75) is 0 Å². The van der Waals surface area contributed by atoms with Crippen LogP contribution >= 0.6 is 39.1 Å². The van der Waals surface area contributed by atoms with E-state index in [4.69, 9.17) is 27.6 Å². The van der Waals surface area contributed by atoms with Gasteiger partial charge in [-0.1, -0.05) is 35.3 Å². The minimum Gasteiger partial charge on any atom is -0.444 e. The first-order valence-corrected chi connectivity index (χ1v) is 6.65. The molecule has 0 aliphatic heterocycles. The van der Waals surface area contributed by atoms with Gasteiger partial charge in [-0.25, -0.2) is 5.43 Å². The number of nitrogens with one attached hydrogen (secondary N) is 1. The third-order valence-electron chi connectivity index (χ3n) is 2.15. The van der Waals surface area contributed by atoms with Crippen molar-refractivity contribution < 1.29 is 9.21 Å². The van der Waals surface area contributed by atoms with Gasteiger partial charge in [0.2, 0.25) is 0 Å². The maximum absolute atomic E-state index is 11.6. The Balaban J connectivity index is 2.04. The van der Waals surface area contributed by atoms with E-state index in [0.717, 1.165) is 0 Å². The molecule has 0 bridgehead atoms. The van der Waals surface area contributed by atoms with E-state index in [2.05, 4.69) is 26.5 Å². The van der Waals surface area contributed by atoms with Gasteiger partial charge in [-0.15, -0.1) is 0 Å². The first-order chi connectivity index (χ1) is 9.08. The van der Waals surface area contributed by atoms with E-state index in [9.17, 15) is 4.79 Å². The van der Waals surface area contributed by atoms with E-state index < -0.39 is 5.91 Å². The van der Waals surface area contributed by atoms with Crippen molar-refractivity contribution >= 4 is 51.3 Å². The summed E-state index contributed by atoms with van der Waals surface area (Å²) in [5, 5.41) is 4.59. The molecule has 4 nitrogen and oxygen atoms in total. The van der Waals surface area contributed by atoms with Crippen LogP contribution in [0.2, 0.25) is 10.0 Å². The number of hydrogen-bond donors (Lipinski definition) is 1. The van der Waals surface area contributed by atoms with Gasteiger partial charge in [0.05, 0.1) is 16.3 Å². The quantitative estimate of drug-likeness (QED) is 0.660. The summed E-state index contributed by atoms with van der Waals surface area (Å²) in [4.78, 5) is 11.6. The number of hydrogen-bond acceptors (Lipinski definition) is 3. The molecule has 1 aromatic heterocycles. The molecule has 2 rings (SSSR count). The summed E-state index contributed by atoms with van der Waals surface area (Å²) in [6, 6.07) is 8.28. The molecular formula is C12H7BrCl2N2O2. The summed E-state index contributed by atoms with van der Waals surface area (Å²) in [6.45, 7) is 0. The van der Waals surface area contributed by atoms with Crippen LogP contribution in [-0.4, -0.2) is 12.1 Å². The number of rotatable bonds is 3. The van der Waals surface area contributed by atoms with Crippen LogP contribution < -0.4 is 5.43 Å². The van der Waals surface area contributed by atoms with E-state index in [-0.39, 0.29) is 5.76 Å². The highest BCUT2D eigenvalue weighted by Crippen LogP contribution is 2.24. The number of amides is 1. The molecule has 0 saturated heterocycles. The Kier molecular flexibility index (Phi) is 4.63. The Labute approximate surface area is 127 Å². The molecule has 7 heteroatoms. The topological polar surface area (TPSA) is 54.6 Å². The molecule has 0 aliphatic rings. The molecule has 0 saturated carbocycles. The van der Waals surface area contributed by atoms with Gasteiger partial charge in [-0.05, 0) is 34.1 Å². The average Bonchev–Trinajstić information content (AvgIpc) is 2.81. The van der Waals surface area contributed by atoms with E-state index >= 15 is 0 Å². The maximum Gasteiger partial charge on any atom is 0.307 e. The third-order valence-corrected chi connectivity index (χ3v) is 3.41. The molecular weight excluding hydrogens is 355 g/mol. The zero-order valence-electron chi connectivity index (χ0n) is 9.36. The molecule has 19 heavy (non-hydrogen) atoms. The largest absolute Gasteiger partial charge is 0.444 e. The second kappa shape index (κ2) is 6.23. The van der Waals surface area contributed by atoms with Crippen molar-refractivity contribution in [2.75, 3.05) is 0 Å². The summed E-state index contributed by atoms with van der Waals surface area (Å²) >= 11 is 14.9. The van der Waals surface area contributed by atoms with Gasteiger partial charge in [0.1, 0.15) is 0 Å². The second-order valence-corrected chi connectivity index (χ2v) is 5.01. The van der Waals surface area contributed by atoms with Crippen molar-refractivity contribution in [1.82, 2.24) is 5.43 Å². The molecule has 2 aromatic rings. The lowest BCUT2D eigenvalue weighted by Crippen LogP contribution is -2.16. The summed E-state index contributed by atoms with van der Waals surface area (Å²) in [7, 11) is 0. The number of carbonyl (C=O) groups excluding carboxylic acids is 1. The molecule has 0 spiro atoms. The minimum absolute atomic E-state index is 0.154. The van der Waals surface area contributed by atoms with Crippen LogP contribution in [-0.2, 0) is 0 Å². The Morgan fingerprint density at radius 1 is 1.32 bits per heavy atom. The second-order valence-electron chi connectivity index (χ2n) is 3.45. The number of hydrazone groups is 1. The fourth-order valence-corrected chi connectivity index (χ4v) is 1.94. The first kappa shape index (κ1) is 14.1. The smallest absolute Gasteiger partial charge is 0.307 e. The van der Waals surface area contributed by atoms with Crippen LogP contribution in [0.3, 0.4) is 0 Å². The standard InChI is InChI=1S/C12H7BrCl2N2O2/c13-10-5-4-9(19-10)12(18)17-16-6-7-2-1-3-8(14)11(7)15/h1-6H,(H,17,18)/b16-6-. The van der Waals surface area contributed by atoms with E-state index in [0.29, 0.717) is 20.3 Å². The van der Waals surface area contributed by atoms with Crippen LogP contribution in [0.15, 0.2) is 44.5 Å². The third kappa shape index (κ3) is 3.59. The van der Waals surface area contributed by atoms with Crippen molar-refractivity contribution in [1.29, 1.82) is 0 Å². The first-order valence-electron chi connectivity index (χ1n) is 5.10. The van der Waals surface area contributed by atoms with Gasteiger partial charge in [-0.2, -0.15) is 5.10 Å². The van der Waals surface area contributed by atoms with Crippen LogP contribution in [0.1, 0.15) is 16.1 Å². The molecule has 0 aliphatic carbocycles. The van der Waals surface area contributed by atoms with Crippen LogP contribution in [0, 0.1) is 0 Å². The fourth-order valence-electron chi connectivity index (χ4n) is 1.27. The lowest BCUT2D eigenvalue weighted by molar-refractivity contribution is 0.0926. The molecule has 1 amide bonds. The summed E-state index contributed by atoms with van der Waals surface area (Å²) < 4.78 is 5.55. The van der Waals surface area contributed by atoms with Crippen molar-refractivity contribution in [3.8, 4) is 0 Å². The number of furan rings is 1. The molecule has 0 fully saturated rings. The summed E-state index contributed by atoms with van der Waals surface area (Å²) in [5.41, 5.74) is 2.93. The maximum atomic E-state index is 11.6. The van der Waals surface area contributed by atoms with Gasteiger partial charge < -0.3 is 4.42 Å². The highest BCUT2D eigenvalue weighted by atomic mass is 79.9. The van der Waals surface area contributed by atoms with Crippen molar-refractivity contribution in [3.05, 3.63) is 56.4 Å². The molecule has 98 valence electrons. The molecule has 1 N–H and O–H groups in total. The van der Waals surface area contributed by atoms with Crippen molar-refractivity contribution in [2.24, 2.45) is 5.10 Å². The zero-order chi connectivity index (χ0) is 13.8. The molecule has 0 radical (unpaired) electrons. The summed E-state index contributed by atoms with van der Waals surface area (Å²) in [6.07, 6.45) is 1.41. The fraction of sp³-hybridized carbons (Fsp3) is 0. The van der Waals surface area contributed by atoms with E-state index in [1.807, 2.05) is 0 Å². The highest BCUT2D eigenvalue weighted by Gasteiger charge is 2.09. The highest BCUT2D eigenvalue weighted by molar-refractivity contribution is 9.10. The predicted octanol–water partition coefficient (Wildman–Crippen LogP) is 4.11. The van der Waals surface area contributed by atoms with Crippen LogP contribution in [0.4, 0.5) is 0 Å². The SMILES string of the molecule is O=C(N/N=C\c1cccc(Cl)c1Cl)c1ccc(Br)o1. The Hall–Kier alpha value is -1.30. The van der Waals surface area contributed by atoms with E-state index in [1.54, 1.807) is 24.3 Å². The van der Waals surface area contributed by atoms with Crippen LogP contribution in [0.5, 0.6) is 0 Å². The van der Waals surface area contributed by atoms with Gasteiger partial charge >= 0.3 is 5.91 Å². The monoisotopic (exact) mass is 360 g/mol. The molecule has 0 unspecified atom stereocenters.